The van der Waals surface area contributed by atoms with E-state index in [0.717, 1.165) is 23.0 Å². The summed E-state index contributed by atoms with van der Waals surface area (Å²) in [7, 11) is 0. The summed E-state index contributed by atoms with van der Waals surface area (Å²) in [4.78, 5) is 10.7. The van der Waals surface area contributed by atoms with Crippen LogP contribution in [0.3, 0.4) is 0 Å². The Balaban J connectivity index is 2.47. The number of phenolic OH excluding ortho intramolecular Hbond substituents is 1. The first-order valence-corrected chi connectivity index (χ1v) is 5.31. The summed E-state index contributed by atoms with van der Waals surface area (Å²) < 4.78 is 0. The Morgan fingerprint density at radius 1 is 0.882 bits per heavy atom. The van der Waals surface area contributed by atoms with Gasteiger partial charge >= 0.3 is 0 Å². The number of hydrogen-bond donors (Lipinski definition) is 1. The topological polar surface area (TPSA) is 37.3 Å². The quantitative estimate of drug-likeness (QED) is 0.642. The Kier molecular flexibility index (Phi) is 3.36. The molecule has 2 rings (SSSR count). The van der Waals surface area contributed by atoms with Crippen LogP contribution in [0.4, 0.5) is 0 Å². The number of allylic oxidation sites excluding steroid dienone is 1. The molecule has 84 valence electrons. The molecule has 2 aromatic rings. The van der Waals surface area contributed by atoms with Gasteiger partial charge in [0.05, 0.1) is 0 Å². The molecule has 0 atom stereocenters. The molecule has 0 fully saturated rings. The summed E-state index contributed by atoms with van der Waals surface area (Å²) in [6.45, 7) is 0. The van der Waals surface area contributed by atoms with E-state index in [1.165, 1.54) is 6.08 Å². The van der Waals surface area contributed by atoms with Crippen molar-refractivity contribution in [3.63, 3.8) is 0 Å². The highest BCUT2D eigenvalue weighted by atomic mass is 16.3. The van der Waals surface area contributed by atoms with Crippen LogP contribution in [-0.2, 0) is 4.79 Å². The first kappa shape index (κ1) is 11.1. The monoisotopic (exact) mass is 224 g/mol. The Hall–Kier alpha value is -2.35. The van der Waals surface area contributed by atoms with Crippen LogP contribution in [0.2, 0.25) is 0 Å². The highest BCUT2D eigenvalue weighted by Gasteiger charge is 2.03. The summed E-state index contributed by atoms with van der Waals surface area (Å²) in [5, 5.41) is 9.25. The number of carbonyl (C=O) groups is 1. The third-order valence-corrected chi connectivity index (χ3v) is 2.50. The number of phenols is 1. The van der Waals surface area contributed by atoms with Gasteiger partial charge in [0.2, 0.25) is 0 Å². The standard InChI is InChI=1S/C15H12O2/c16-11-10-15(12-4-2-1-3-5-12)13-6-8-14(17)9-7-13/h1-11,17H. The van der Waals surface area contributed by atoms with Crippen molar-refractivity contribution in [2.24, 2.45) is 0 Å². The smallest absolute Gasteiger partial charge is 0.143 e. The summed E-state index contributed by atoms with van der Waals surface area (Å²) in [6, 6.07) is 16.5. The molecule has 2 nitrogen and oxygen atoms in total. The molecule has 0 heterocycles. The van der Waals surface area contributed by atoms with Gasteiger partial charge in [-0.1, -0.05) is 42.5 Å². The molecule has 0 radical (unpaired) electrons. The van der Waals surface area contributed by atoms with Gasteiger partial charge < -0.3 is 5.11 Å². The minimum Gasteiger partial charge on any atom is -0.508 e. The molecule has 0 aliphatic carbocycles. The van der Waals surface area contributed by atoms with Crippen LogP contribution >= 0.6 is 0 Å². The maximum Gasteiger partial charge on any atom is 0.143 e. The van der Waals surface area contributed by atoms with Crippen molar-refractivity contribution in [1.29, 1.82) is 0 Å². The second kappa shape index (κ2) is 5.12. The summed E-state index contributed by atoms with van der Waals surface area (Å²) in [6.07, 6.45) is 2.30. The minimum atomic E-state index is 0.215. The molecule has 17 heavy (non-hydrogen) atoms. The molecular formula is C15H12O2. The van der Waals surface area contributed by atoms with Crippen LogP contribution < -0.4 is 0 Å². The summed E-state index contributed by atoms with van der Waals surface area (Å²) >= 11 is 0. The average molecular weight is 224 g/mol. The second-order valence-electron chi connectivity index (χ2n) is 3.63. The van der Waals surface area contributed by atoms with Crippen molar-refractivity contribution in [1.82, 2.24) is 0 Å². The van der Waals surface area contributed by atoms with E-state index < -0.39 is 0 Å². The Bertz CT molecular complexity index is 525. The summed E-state index contributed by atoms with van der Waals surface area (Å²) in [5.74, 6) is 0.215. The van der Waals surface area contributed by atoms with Gasteiger partial charge in [-0.05, 0) is 34.9 Å². The molecule has 0 saturated carbocycles. The zero-order chi connectivity index (χ0) is 12.1. The van der Waals surface area contributed by atoms with Crippen molar-refractivity contribution in [3.05, 3.63) is 71.8 Å². The SMILES string of the molecule is O=CC=C(c1ccccc1)c1ccc(O)cc1. The van der Waals surface area contributed by atoms with E-state index in [1.54, 1.807) is 24.3 Å². The molecule has 0 amide bonds. The highest BCUT2D eigenvalue weighted by molar-refractivity contribution is 5.89. The maximum absolute atomic E-state index is 10.7. The number of aromatic hydroxyl groups is 1. The Morgan fingerprint density at radius 2 is 1.47 bits per heavy atom. The van der Waals surface area contributed by atoms with Crippen LogP contribution in [0.15, 0.2) is 60.7 Å². The average Bonchev–Trinajstić information content (AvgIpc) is 2.38. The maximum atomic E-state index is 10.7. The fourth-order valence-electron chi connectivity index (χ4n) is 1.69. The molecule has 0 aliphatic heterocycles. The lowest BCUT2D eigenvalue weighted by molar-refractivity contribution is -0.104. The van der Waals surface area contributed by atoms with E-state index in [-0.39, 0.29) is 5.75 Å². The van der Waals surface area contributed by atoms with E-state index in [4.69, 9.17) is 0 Å². The lowest BCUT2D eigenvalue weighted by Crippen LogP contribution is -1.88. The third-order valence-electron chi connectivity index (χ3n) is 2.50. The number of rotatable bonds is 3. The van der Waals surface area contributed by atoms with Gasteiger partial charge in [-0.3, -0.25) is 4.79 Å². The molecule has 0 unspecified atom stereocenters. The fraction of sp³-hybridized carbons (Fsp3) is 0. The summed E-state index contributed by atoms with van der Waals surface area (Å²) in [5.41, 5.74) is 2.73. The van der Waals surface area contributed by atoms with Crippen molar-refractivity contribution >= 4 is 11.9 Å². The molecule has 0 spiro atoms. The van der Waals surface area contributed by atoms with Crippen molar-refractivity contribution in [3.8, 4) is 5.75 Å². The molecule has 0 aliphatic rings. The highest BCUT2D eigenvalue weighted by Crippen LogP contribution is 2.24. The molecular weight excluding hydrogens is 212 g/mol. The van der Waals surface area contributed by atoms with Crippen LogP contribution in [0, 0.1) is 0 Å². The minimum absolute atomic E-state index is 0.215. The van der Waals surface area contributed by atoms with E-state index >= 15 is 0 Å². The van der Waals surface area contributed by atoms with Crippen LogP contribution in [0.5, 0.6) is 5.75 Å². The predicted octanol–water partition coefficient (Wildman–Crippen LogP) is 3.02. The van der Waals surface area contributed by atoms with Gasteiger partial charge in [0.1, 0.15) is 12.0 Å². The predicted molar refractivity (Wildman–Crippen MR) is 67.7 cm³/mol. The van der Waals surface area contributed by atoms with Gasteiger partial charge in [-0.2, -0.15) is 0 Å². The van der Waals surface area contributed by atoms with Crippen molar-refractivity contribution in [2.45, 2.75) is 0 Å². The molecule has 2 aromatic carbocycles. The first-order valence-electron chi connectivity index (χ1n) is 5.31. The lowest BCUT2D eigenvalue weighted by Gasteiger charge is -2.07. The number of carbonyl (C=O) groups excluding carboxylic acids is 1. The molecule has 0 aromatic heterocycles. The Morgan fingerprint density at radius 3 is 2.06 bits per heavy atom. The van der Waals surface area contributed by atoms with E-state index in [0.29, 0.717) is 0 Å². The third kappa shape index (κ3) is 2.61. The zero-order valence-electron chi connectivity index (χ0n) is 9.21. The number of hydrogen-bond acceptors (Lipinski definition) is 2. The van der Waals surface area contributed by atoms with Crippen LogP contribution in [-0.4, -0.2) is 11.4 Å². The van der Waals surface area contributed by atoms with Crippen molar-refractivity contribution in [2.75, 3.05) is 0 Å². The largest absolute Gasteiger partial charge is 0.508 e. The van der Waals surface area contributed by atoms with Gasteiger partial charge in [-0.15, -0.1) is 0 Å². The van der Waals surface area contributed by atoms with E-state index in [1.807, 2.05) is 30.3 Å². The van der Waals surface area contributed by atoms with Gasteiger partial charge in [0, 0.05) is 0 Å². The normalized spacial score (nSPS) is 11.2. The van der Waals surface area contributed by atoms with E-state index in [9.17, 15) is 9.90 Å². The lowest BCUT2D eigenvalue weighted by atomic mass is 9.98. The number of aldehydes is 1. The second-order valence-corrected chi connectivity index (χ2v) is 3.63. The molecule has 0 saturated heterocycles. The fourth-order valence-corrected chi connectivity index (χ4v) is 1.69. The molecule has 0 bridgehead atoms. The zero-order valence-corrected chi connectivity index (χ0v) is 9.21. The van der Waals surface area contributed by atoms with Gasteiger partial charge in [0.25, 0.3) is 0 Å². The molecule has 1 N–H and O–H groups in total. The Labute approximate surface area is 99.8 Å². The van der Waals surface area contributed by atoms with Crippen LogP contribution in [0.25, 0.3) is 5.57 Å². The van der Waals surface area contributed by atoms with Gasteiger partial charge in [0.15, 0.2) is 0 Å². The number of benzene rings is 2. The van der Waals surface area contributed by atoms with E-state index in [2.05, 4.69) is 0 Å². The molecule has 2 heteroatoms. The van der Waals surface area contributed by atoms with Gasteiger partial charge in [-0.25, -0.2) is 0 Å². The first-order chi connectivity index (χ1) is 8.31. The van der Waals surface area contributed by atoms with Crippen LogP contribution in [0.1, 0.15) is 11.1 Å². The van der Waals surface area contributed by atoms with Crippen molar-refractivity contribution < 1.29 is 9.90 Å².